The van der Waals surface area contributed by atoms with Crippen LogP contribution in [0.25, 0.3) is 0 Å². The molecule has 0 spiro atoms. The van der Waals surface area contributed by atoms with Crippen molar-refractivity contribution in [2.45, 2.75) is 52.1 Å². The van der Waals surface area contributed by atoms with Crippen molar-refractivity contribution in [2.75, 3.05) is 39.3 Å². The van der Waals surface area contributed by atoms with Crippen molar-refractivity contribution >= 4 is 0 Å². The van der Waals surface area contributed by atoms with E-state index in [9.17, 15) is 0 Å². The summed E-state index contributed by atoms with van der Waals surface area (Å²) in [7, 11) is 0. The fourth-order valence-corrected chi connectivity index (χ4v) is 3.30. The molecule has 0 aliphatic carbocycles. The summed E-state index contributed by atoms with van der Waals surface area (Å²) in [6.07, 6.45) is 7.13. The summed E-state index contributed by atoms with van der Waals surface area (Å²) >= 11 is 0. The Hall–Kier alpha value is -0.120. The zero-order valence-electron chi connectivity index (χ0n) is 12.9. The van der Waals surface area contributed by atoms with Gasteiger partial charge in [0.05, 0.1) is 6.10 Å². The fourth-order valence-electron chi connectivity index (χ4n) is 3.30. The molecule has 0 aromatic rings. The molecule has 0 amide bonds. The third-order valence-electron chi connectivity index (χ3n) is 4.38. The Bertz CT molecular complexity index is 239. The first kappa shape index (κ1) is 15.3. The largest absolute Gasteiger partial charge is 0.378 e. The van der Waals surface area contributed by atoms with E-state index in [1.807, 2.05) is 0 Å². The standard InChI is InChI=1S/C16H32N2O/c1-14(2)11-17-12-15-5-3-8-18(13-15)9-7-16-6-4-10-19-16/h14-17H,3-13H2,1-2H3. The van der Waals surface area contributed by atoms with E-state index in [4.69, 9.17) is 4.74 Å². The first-order valence-corrected chi connectivity index (χ1v) is 8.28. The van der Waals surface area contributed by atoms with Crippen molar-refractivity contribution in [2.24, 2.45) is 11.8 Å². The van der Waals surface area contributed by atoms with E-state index in [0.29, 0.717) is 6.10 Å². The van der Waals surface area contributed by atoms with E-state index in [-0.39, 0.29) is 0 Å². The van der Waals surface area contributed by atoms with Gasteiger partial charge in [-0.15, -0.1) is 0 Å². The quantitative estimate of drug-likeness (QED) is 0.768. The molecule has 112 valence electrons. The lowest BCUT2D eigenvalue weighted by atomic mass is 9.97. The van der Waals surface area contributed by atoms with Gasteiger partial charge in [-0.3, -0.25) is 0 Å². The van der Waals surface area contributed by atoms with Crippen LogP contribution < -0.4 is 5.32 Å². The van der Waals surface area contributed by atoms with Gasteiger partial charge in [0.1, 0.15) is 0 Å². The number of piperidine rings is 1. The Balaban J connectivity index is 1.59. The smallest absolute Gasteiger partial charge is 0.0588 e. The number of rotatable bonds is 7. The summed E-state index contributed by atoms with van der Waals surface area (Å²) in [5.74, 6) is 1.62. The summed E-state index contributed by atoms with van der Waals surface area (Å²) in [4.78, 5) is 2.66. The maximum Gasteiger partial charge on any atom is 0.0588 e. The molecule has 2 fully saturated rings. The monoisotopic (exact) mass is 268 g/mol. The molecule has 2 saturated heterocycles. The van der Waals surface area contributed by atoms with Crippen molar-refractivity contribution in [3.63, 3.8) is 0 Å². The van der Waals surface area contributed by atoms with Gasteiger partial charge in [-0.1, -0.05) is 13.8 Å². The number of ether oxygens (including phenoxy) is 1. The minimum absolute atomic E-state index is 0.555. The highest BCUT2D eigenvalue weighted by Gasteiger charge is 2.21. The summed E-state index contributed by atoms with van der Waals surface area (Å²) in [6, 6.07) is 0. The molecule has 0 aromatic heterocycles. The average molecular weight is 268 g/mol. The van der Waals surface area contributed by atoms with E-state index in [0.717, 1.165) is 25.0 Å². The Morgan fingerprint density at radius 1 is 1.26 bits per heavy atom. The van der Waals surface area contributed by atoms with E-state index in [2.05, 4.69) is 24.1 Å². The zero-order chi connectivity index (χ0) is 13.5. The minimum atomic E-state index is 0.555. The minimum Gasteiger partial charge on any atom is -0.378 e. The second kappa shape index (κ2) is 8.23. The molecule has 1 N–H and O–H groups in total. The summed E-state index contributed by atoms with van der Waals surface area (Å²) in [6.45, 7) is 11.7. The molecule has 0 radical (unpaired) electrons. The van der Waals surface area contributed by atoms with Crippen LogP contribution in [0.3, 0.4) is 0 Å². The van der Waals surface area contributed by atoms with Gasteiger partial charge in [0.25, 0.3) is 0 Å². The van der Waals surface area contributed by atoms with Gasteiger partial charge in [-0.25, -0.2) is 0 Å². The lowest BCUT2D eigenvalue weighted by Gasteiger charge is -2.33. The highest BCUT2D eigenvalue weighted by atomic mass is 16.5. The van der Waals surface area contributed by atoms with Crippen molar-refractivity contribution < 1.29 is 4.74 Å². The van der Waals surface area contributed by atoms with Crippen molar-refractivity contribution in [1.82, 2.24) is 10.2 Å². The van der Waals surface area contributed by atoms with Crippen LogP contribution in [0.5, 0.6) is 0 Å². The Labute approximate surface area is 119 Å². The van der Waals surface area contributed by atoms with Crippen LogP contribution >= 0.6 is 0 Å². The van der Waals surface area contributed by atoms with E-state index in [1.165, 1.54) is 58.3 Å². The molecule has 0 saturated carbocycles. The topological polar surface area (TPSA) is 24.5 Å². The lowest BCUT2D eigenvalue weighted by molar-refractivity contribution is 0.0830. The average Bonchev–Trinajstić information content (AvgIpc) is 2.89. The third-order valence-corrected chi connectivity index (χ3v) is 4.38. The molecule has 2 rings (SSSR count). The van der Waals surface area contributed by atoms with Crippen molar-refractivity contribution in [3.05, 3.63) is 0 Å². The maximum atomic E-state index is 5.72. The summed E-state index contributed by atoms with van der Waals surface area (Å²) in [5, 5.41) is 3.62. The molecule has 2 heterocycles. The van der Waals surface area contributed by atoms with Crippen molar-refractivity contribution in [3.8, 4) is 0 Å². The first-order valence-electron chi connectivity index (χ1n) is 8.28. The van der Waals surface area contributed by atoms with Crippen molar-refractivity contribution in [1.29, 1.82) is 0 Å². The van der Waals surface area contributed by atoms with E-state index < -0.39 is 0 Å². The second-order valence-electron chi connectivity index (χ2n) is 6.78. The van der Waals surface area contributed by atoms with Crippen LogP contribution in [-0.2, 0) is 4.74 Å². The maximum absolute atomic E-state index is 5.72. The van der Waals surface area contributed by atoms with Crippen LogP contribution in [0, 0.1) is 11.8 Å². The van der Waals surface area contributed by atoms with Crippen LogP contribution in [0.4, 0.5) is 0 Å². The lowest BCUT2D eigenvalue weighted by Crippen LogP contribution is -2.41. The Morgan fingerprint density at radius 3 is 2.89 bits per heavy atom. The van der Waals surface area contributed by atoms with Gasteiger partial charge in [0.2, 0.25) is 0 Å². The molecular formula is C16H32N2O. The number of nitrogens with zero attached hydrogens (tertiary/aromatic N) is 1. The van der Waals surface area contributed by atoms with Crippen LogP contribution in [-0.4, -0.2) is 50.3 Å². The molecule has 0 bridgehead atoms. The zero-order valence-corrected chi connectivity index (χ0v) is 12.9. The number of likely N-dealkylation sites (tertiary alicyclic amines) is 1. The number of hydrogen-bond acceptors (Lipinski definition) is 3. The normalized spacial score (nSPS) is 29.2. The predicted octanol–water partition coefficient (Wildman–Crippen LogP) is 2.51. The van der Waals surface area contributed by atoms with E-state index >= 15 is 0 Å². The molecular weight excluding hydrogens is 236 g/mol. The molecule has 0 aromatic carbocycles. The first-order chi connectivity index (χ1) is 9.24. The molecule has 3 nitrogen and oxygen atoms in total. The van der Waals surface area contributed by atoms with Gasteiger partial charge in [-0.05, 0) is 63.6 Å². The number of nitrogens with one attached hydrogen (secondary N) is 1. The van der Waals surface area contributed by atoms with Gasteiger partial charge < -0.3 is 15.0 Å². The predicted molar refractivity (Wildman–Crippen MR) is 80.5 cm³/mol. The number of hydrogen-bond donors (Lipinski definition) is 1. The second-order valence-corrected chi connectivity index (χ2v) is 6.78. The van der Waals surface area contributed by atoms with Crippen LogP contribution in [0.1, 0.15) is 46.0 Å². The molecule has 3 heteroatoms. The van der Waals surface area contributed by atoms with E-state index in [1.54, 1.807) is 0 Å². The summed E-state index contributed by atoms with van der Waals surface area (Å²) in [5.41, 5.74) is 0. The highest BCUT2D eigenvalue weighted by Crippen LogP contribution is 2.19. The van der Waals surface area contributed by atoms with Crippen LogP contribution in [0.2, 0.25) is 0 Å². The SMILES string of the molecule is CC(C)CNCC1CCCN(CCC2CCCO2)C1. The fraction of sp³-hybridized carbons (Fsp3) is 1.00. The molecule has 2 aliphatic heterocycles. The van der Waals surface area contributed by atoms with Gasteiger partial charge >= 0.3 is 0 Å². The molecule has 2 atom stereocenters. The van der Waals surface area contributed by atoms with Gasteiger partial charge in [0, 0.05) is 19.7 Å². The van der Waals surface area contributed by atoms with Crippen LogP contribution in [0.15, 0.2) is 0 Å². The molecule has 19 heavy (non-hydrogen) atoms. The van der Waals surface area contributed by atoms with Gasteiger partial charge in [0.15, 0.2) is 0 Å². The summed E-state index contributed by atoms with van der Waals surface area (Å²) < 4.78 is 5.72. The Morgan fingerprint density at radius 2 is 2.16 bits per heavy atom. The highest BCUT2D eigenvalue weighted by molar-refractivity contribution is 4.76. The third kappa shape index (κ3) is 5.80. The Kier molecular flexibility index (Phi) is 6.62. The molecule has 2 aliphatic rings. The molecule has 2 unspecified atom stereocenters. The van der Waals surface area contributed by atoms with Gasteiger partial charge in [-0.2, -0.15) is 0 Å².